The fourth-order valence-electron chi connectivity index (χ4n) is 1.88. The largest absolute Gasteiger partial charge is 0.325 e. The quantitative estimate of drug-likeness (QED) is 0.869. The van der Waals surface area contributed by atoms with Crippen LogP contribution in [0, 0.1) is 0 Å². The Bertz CT molecular complexity index is 417. The Morgan fingerprint density at radius 1 is 1.29 bits per heavy atom. The fourth-order valence-corrected chi connectivity index (χ4v) is 2.18. The third-order valence-corrected chi connectivity index (χ3v) is 3.55. The second-order valence-corrected chi connectivity index (χ2v) is 4.94. The normalized spacial score (nSPS) is 20.0. The highest BCUT2D eigenvalue weighted by Gasteiger charge is 2.20. The number of carbonyl (C=O) groups is 1. The van der Waals surface area contributed by atoms with E-state index in [1.54, 1.807) is 18.2 Å². The first kappa shape index (κ1) is 12.7. The summed E-state index contributed by atoms with van der Waals surface area (Å²) in [6.45, 7) is 0.902. The van der Waals surface area contributed by atoms with Crippen LogP contribution in [0.4, 0.5) is 5.69 Å². The summed E-state index contributed by atoms with van der Waals surface area (Å²) in [6.07, 6.45) is 3.11. The summed E-state index contributed by atoms with van der Waals surface area (Å²) in [5, 5.41) is 6.96. The van der Waals surface area contributed by atoms with Gasteiger partial charge in [0.05, 0.1) is 16.1 Å². The van der Waals surface area contributed by atoms with Crippen LogP contribution in [-0.2, 0) is 4.79 Å². The average Bonchev–Trinajstić information content (AvgIpc) is 2.35. The molecule has 1 aromatic rings. The Hall–Kier alpha value is -0.770. The summed E-state index contributed by atoms with van der Waals surface area (Å²) >= 11 is 11.7. The summed E-state index contributed by atoms with van der Waals surface area (Å²) in [5.41, 5.74) is 0.678. The number of rotatable bonds is 2. The fraction of sp³-hybridized carbons (Fsp3) is 0.417. The van der Waals surface area contributed by atoms with Gasteiger partial charge in [-0.25, -0.2) is 0 Å². The summed E-state index contributed by atoms with van der Waals surface area (Å²) < 4.78 is 0. The minimum atomic E-state index is -0.0989. The lowest BCUT2D eigenvalue weighted by Gasteiger charge is -2.22. The second-order valence-electron chi connectivity index (χ2n) is 4.12. The first-order chi connectivity index (χ1) is 8.16. The lowest BCUT2D eigenvalue weighted by Crippen LogP contribution is -2.43. The molecule has 0 aliphatic carbocycles. The first-order valence-corrected chi connectivity index (χ1v) is 6.42. The highest BCUT2D eigenvalue weighted by molar-refractivity contribution is 6.42. The zero-order chi connectivity index (χ0) is 12.3. The standard InChI is InChI=1S/C12H14Cl2N2O/c13-9-5-4-8(7-10(9)14)16-12(17)11-3-1-2-6-15-11/h4-5,7,11,15H,1-3,6H2,(H,16,17)/t11-/m1/s1. The van der Waals surface area contributed by atoms with Gasteiger partial charge in [-0.1, -0.05) is 29.6 Å². The van der Waals surface area contributed by atoms with Gasteiger partial charge in [0.2, 0.25) is 5.91 Å². The molecule has 1 amide bonds. The van der Waals surface area contributed by atoms with Crippen molar-refractivity contribution >= 4 is 34.8 Å². The van der Waals surface area contributed by atoms with Gasteiger partial charge in [-0.15, -0.1) is 0 Å². The zero-order valence-electron chi connectivity index (χ0n) is 9.30. The Kier molecular flexibility index (Phi) is 4.26. The minimum Gasteiger partial charge on any atom is -0.325 e. The van der Waals surface area contributed by atoms with E-state index in [4.69, 9.17) is 23.2 Å². The third-order valence-electron chi connectivity index (χ3n) is 2.81. The van der Waals surface area contributed by atoms with Gasteiger partial charge in [-0.2, -0.15) is 0 Å². The van der Waals surface area contributed by atoms with Gasteiger partial charge in [0, 0.05) is 5.69 Å². The number of piperidine rings is 1. The molecule has 1 fully saturated rings. The Morgan fingerprint density at radius 3 is 2.76 bits per heavy atom. The molecule has 3 nitrogen and oxygen atoms in total. The molecule has 0 unspecified atom stereocenters. The molecule has 1 aromatic carbocycles. The van der Waals surface area contributed by atoms with Gasteiger partial charge in [0.25, 0.3) is 0 Å². The summed E-state index contributed by atoms with van der Waals surface area (Å²) in [7, 11) is 0. The molecule has 1 heterocycles. The number of halogens is 2. The van der Waals surface area contributed by atoms with Gasteiger partial charge in [0.1, 0.15) is 0 Å². The van der Waals surface area contributed by atoms with Crippen LogP contribution in [0.3, 0.4) is 0 Å². The first-order valence-electron chi connectivity index (χ1n) is 5.66. The van der Waals surface area contributed by atoms with Crippen LogP contribution in [0.25, 0.3) is 0 Å². The summed E-state index contributed by atoms with van der Waals surface area (Å²) in [6, 6.07) is 4.98. The maximum Gasteiger partial charge on any atom is 0.241 e. The molecule has 2 rings (SSSR count). The molecule has 92 valence electrons. The van der Waals surface area contributed by atoms with Crippen molar-refractivity contribution in [1.29, 1.82) is 0 Å². The van der Waals surface area contributed by atoms with Crippen molar-refractivity contribution in [2.75, 3.05) is 11.9 Å². The molecule has 0 radical (unpaired) electrons. The van der Waals surface area contributed by atoms with Crippen LogP contribution in [0.5, 0.6) is 0 Å². The van der Waals surface area contributed by atoms with E-state index in [1.807, 2.05) is 0 Å². The van der Waals surface area contributed by atoms with Crippen LogP contribution in [-0.4, -0.2) is 18.5 Å². The topological polar surface area (TPSA) is 41.1 Å². The van der Waals surface area contributed by atoms with Crippen LogP contribution >= 0.6 is 23.2 Å². The van der Waals surface area contributed by atoms with E-state index in [-0.39, 0.29) is 11.9 Å². The van der Waals surface area contributed by atoms with Crippen molar-refractivity contribution in [1.82, 2.24) is 5.32 Å². The number of hydrogen-bond acceptors (Lipinski definition) is 2. The number of nitrogens with one attached hydrogen (secondary N) is 2. The van der Waals surface area contributed by atoms with Crippen molar-refractivity contribution < 1.29 is 4.79 Å². The molecule has 1 saturated heterocycles. The third kappa shape index (κ3) is 3.35. The number of anilines is 1. The predicted molar refractivity (Wildman–Crippen MR) is 70.7 cm³/mol. The minimum absolute atomic E-state index is 0.0110. The van der Waals surface area contributed by atoms with E-state index in [0.29, 0.717) is 15.7 Å². The summed E-state index contributed by atoms with van der Waals surface area (Å²) in [5.74, 6) is -0.0110. The van der Waals surface area contributed by atoms with E-state index < -0.39 is 0 Å². The molecule has 2 N–H and O–H groups in total. The van der Waals surface area contributed by atoms with E-state index >= 15 is 0 Å². The highest BCUT2D eigenvalue weighted by Crippen LogP contribution is 2.25. The monoisotopic (exact) mass is 272 g/mol. The Morgan fingerprint density at radius 2 is 2.12 bits per heavy atom. The number of hydrogen-bond donors (Lipinski definition) is 2. The van der Waals surface area contributed by atoms with Gasteiger partial charge < -0.3 is 10.6 Å². The molecule has 17 heavy (non-hydrogen) atoms. The van der Waals surface area contributed by atoms with Gasteiger partial charge >= 0.3 is 0 Å². The van der Waals surface area contributed by atoms with E-state index in [2.05, 4.69) is 10.6 Å². The molecule has 1 aliphatic heterocycles. The molecule has 0 bridgehead atoms. The molecule has 0 spiro atoms. The van der Waals surface area contributed by atoms with Crippen LogP contribution < -0.4 is 10.6 Å². The molecular formula is C12H14Cl2N2O. The number of amides is 1. The molecule has 0 aromatic heterocycles. The molecule has 1 atom stereocenters. The molecular weight excluding hydrogens is 259 g/mol. The van der Waals surface area contributed by atoms with Gasteiger partial charge in [0.15, 0.2) is 0 Å². The van der Waals surface area contributed by atoms with E-state index in [0.717, 1.165) is 25.8 Å². The van der Waals surface area contributed by atoms with Crippen molar-refractivity contribution in [2.45, 2.75) is 25.3 Å². The maximum atomic E-state index is 11.9. The van der Waals surface area contributed by atoms with E-state index in [9.17, 15) is 4.79 Å². The van der Waals surface area contributed by atoms with Crippen molar-refractivity contribution in [3.63, 3.8) is 0 Å². The Balaban J connectivity index is 1.99. The SMILES string of the molecule is O=C(Nc1ccc(Cl)c(Cl)c1)[C@H]1CCCCN1. The smallest absolute Gasteiger partial charge is 0.241 e. The van der Waals surface area contributed by atoms with Crippen LogP contribution in [0.1, 0.15) is 19.3 Å². The van der Waals surface area contributed by atoms with Gasteiger partial charge in [-0.05, 0) is 37.6 Å². The Labute approximate surface area is 110 Å². The van der Waals surface area contributed by atoms with Crippen molar-refractivity contribution in [3.05, 3.63) is 28.2 Å². The average molecular weight is 273 g/mol. The number of carbonyl (C=O) groups excluding carboxylic acids is 1. The predicted octanol–water partition coefficient (Wildman–Crippen LogP) is 3.07. The molecule has 0 saturated carbocycles. The lowest BCUT2D eigenvalue weighted by molar-refractivity contribution is -0.118. The van der Waals surface area contributed by atoms with Crippen LogP contribution in [0.2, 0.25) is 10.0 Å². The zero-order valence-corrected chi connectivity index (χ0v) is 10.8. The molecule has 1 aliphatic rings. The van der Waals surface area contributed by atoms with Crippen molar-refractivity contribution in [3.8, 4) is 0 Å². The highest BCUT2D eigenvalue weighted by atomic mass is 35.5. The summed E-state index contributed by atoms with van der Waals surface area (Å²) in [4.78, 5) is 11.9. The van der Waals surface area contributed by atoms with Crippen LogP contribution in [0.15, 0.2) is 18.2 Å². The lowest BCUT2D eigenvalue weighted by atomic mass is 10.0. The van der Waals surface area contributed by atoms with E-state index in [1.165, 1.54) is 0 Å². The van der Waals surface area contributed by atoms with Gasteiger partial charge in [-0.3, -0.25) is 4.79 Å². The second kappa shape index (κ2) is 5.71. The molecule has 5 heteroatoms. The maximum absolute atomic E-state index is 11.9. The van der Waals surface area contributed by atoms with Crippen molar-refractivity contribution in [2.24, 2.45) is 0 Å². The number of benzene rings is 1.